The van der Waals surface area contributed by atoms with Gasteiger partial charge < -0.3 is 10.7 Å². The fourth-order valence-electron chi connectivity index (χ4n) is 1.70. The number of nitrogens with two attached hydrogens (primary N) is 1. The molecular formula is C12H17N5S. The van der Waals surface area contributed by atoms with Gasteiger partial charge in [0.2, 0.25) is 0 Å². The molecule has 1 unspecified atom stereocenters. The molecule has 2 aromatic rings. The van der Waals surface area contributed by atoms with Crippen LogP contribution in [0.2, 0.25) is 0 Å². The van der Waals surface area contributed by atoms with Gasteiger partial charge in [-0.05, 0) is 32.9 Å². The van der Waals surface area contributed by atoms with Crippen molar-refractivity contribution in [2.24, 2.45) is 5.84 Å². The van der Waals surface area contributed by atoms with Gasteiger partial charge in [-0.15, -0.1) is 11.3 Å². The smallest absolute Gasteiger partial charge is 0.148 e. The van der Waals surface area contributed by atoms with Crippen molar-refractivity contribution in [2.75, 3.05) is 10.7 Å². The topological polar surface area (TPSA) is 75.9 Å². The molecular weight excluding hydrogens is 246 g/mol. The molecule has 0 saturated carbocycles. The highest BCUT2D eigenvalue weighted by Gasteiger charge is 2.11. The molecule has 2 heterocycles. The second-order valence-corrected chi connectivity index (χ2v) is 5.47. The van der Waals surface area contributed by atoms with Crippen LogP contribution < -0.4 is 16.6 Å². The molecule has 6 heteroatoms. The van der Waals surface area contributed by atoms with Crippen LogP contribution >= 0.6 is 11.3 Å². The Hall–Kier alpha value is -1.66. The zero-order chi connectivity index (χ0) is 13.1. The van der Waals surface area contributed by atoms with Gasteiger partial charge in [0.15, 0.2) is 0 Å². The Morgan fingerprint density at radius 2 is 1.94 bits per heavy atom. The van der Waals surface area contributed by atoms with E-state index < -0.39 is 0 Å². The molecule has 0 fully saturated rings. The third kappa shape index (κ3) is 2.60. The number of nitrogens with one attached hydrogen (secondary N) is 2. The van der Waals surface area contributed by atoms with E-state index in [0.717, 1.165) is 11.4 Å². The summed E-state index contributed by atoms with van der Waals surface area (Å²) in [5, 5.41) is 3.38. The van der Waals surface area contributed by atoms with E-state index in [4.69, 9.17) is 5.84 Å². The van der Waals surface area contributed by atoms with Crippen LogP contribution in [0, 0.1) is 13.8 Å². The first-order chi connectivity index (χ1) is 8.61. The predicted octanol–water partition coefficient (Wildman–Crippen LogP) is 2.61. The van der Waals surface area contributed by atoms with Gasteiger partial charge in [0.25, 0.3) is 0 Å². The number of rotatable bonds is 4. The van der Waals surface area contributed by atoms with Gasteiger partial charge in [-0.3, -0.25) is 0 Å². The molecule has 0 aliphatic carbocycles. The van der Waals surface area contributed by atoms with E-state index in [0.29, 0.717) is 5.82 Å². The highest BCUT2D eigenvalue weighted by Crippen LogP contribution is 2.27. The summed E-state index contributed by atoms with van der Waals surface area (Å²) in [6, 6.07) is 4.47. The fraction of sp³-hybridized carbons (Fsp3) is 0.333. The van der Waals surface area contributed by atoms with Crippen LogP contribution in [0.1, 0.15) is 28.3 Å². The Kier molecular flexibility index (Phi) is 3.78. The first-order valence-electron chi connectivity index (χ1n) is 5.73. The van der Waals surface area contributed by atoms with Gasteiger partial charge in [-0.1, -0.05) is 0 Å². The standard InChI is InChI=1S/C12H17N5S/c1-7-4-5-10(18-7)9(3)16-11-8(2)12(17-13)15-6-14-11/h4-6,9H,13H2,1-3H3,(H2,14,15,16,17). The van der Waals surface area contributed by atoms with Crippen LogP contribution in [0.5, 0.6) is 0 Å². The number of hydrazine groups is 1. The molecule has 0 aliphatic rings. The Morgan fingerprint density at radius 1 is 1.22 bits per heavy atom. The molecule has 0 amide bonds. The van der Waals surface area contributed by atoms with Crippen molar-refractivity contribution in [1.29, 1.82) is 0 Å². The maximum atomic E-state index is 5.40. The summed E-state index contributed by atoms with van der Waals surface area (Å²) >= 11 is 1.78. The Bertz CT molecular complexity index is 537. The van der Waals surface area contributed by atoms with Crippen LogP contribution in [0.25, 0.3) is 0 Å². The first-order valence-corrected chi connectivity index (χ1v) is 6.54. The molecule has 4 N–H and O–H groups in total. The summed E-state index contributed by atoms with van der Waals surface area (Å²) in [6.07, 6.45) is 1.50. The van der Waals surface area contributed by atoms with E-state index in [1.807, 2.05) is 6.92 Å². The van der Waals surface area contributed by atoms with Crippen molar-refractivity contribution in [3.8, 4) is 0 Å². The van der Waals surface area contributed by atoms with E-state index in [2.05, 4.69) is 46.7 Å². The van der Waals surface area contributed by atoms with Gasteiger partial charge >= 0.3 is 0 Å². The molecule has 18 heavy (non-hydrogen) atoms. The largest absolute Gasteiger partial charge is 0.362 e. The first kappa shape index (κ1) is 12.8. The number of anilines is 2. The molecule has 0 bridgehead atoms. The summed E-state index contributed by atoms with van der Waals surface area (Å²) in [6.45, 7) is 6.15. The molecule has 5 nitrogen and oxygen atoms in total. The average Bonchev–Trinajstić information content (AvgIpc) is 2.78. The van der Waals surface area contributed by atoms with E-state index >= 15 is 0 Å². The third-order valence-corrected chi connectivity index (χ3v) is 3.95. The zero-order valence-electron chi connectivity index (χ0n) is 10.7. The van der Waals surface area contributed by atoms with Gasteiger partial charge in [-0.25, -0.2) is 15.8 Å². The van der Waals surface area contributed by atoms with Gasteiger partial charge in [0, 0.05) is 15.3 Å². The normalized spacial score (nSPS) is 12.2. The lowest BCUT2D eigenvalue weighted by Crippen LogP contribution is -2.13. The summed E-state index contributed by atoms with van der Waals surface area (Å²) in [4.78, 5) is 10.9. The van der Waals surface area contributed by atoms with Crippen molar-refractivity contribution in [3.05, 3.63) is 33.8 Å². The van der Waals surface area contributed by atoms with Crippen molar-refractivity contribution in [1.82, 2.24) is 9.97 Å². The Balaban J connectivity index is 2.19. The van der Waals surface area contributed by atoms with E-state index in [1.165, 1.54) is 16.1 Å². The number of hydrogen-bond donors (Lipinski definition) is 3. The number of nitrogens with zero attached hydrogens (tertiary/aromatic N) is 2. The van der Waals surface area contributed by atoms with Crippen LogP contribution in [-0.4, -0.2) is 9.97 Å². The molecule has 96 valence electrons. The lowest BCUT2D eigenvalue weighted by molar-refractivity contribution is 0.888. The minimum atomic E-state index is 0.211. The minimum absolute atomic E-state index is 0.211. The van der Waals surface area contributed by atoms with Crippen molar-refractivity contribution in [2.45, 2.75) is 26.8 Å². The summed E-state index contributed by atoms with van der Waals surface area (Å²) in [5.41, 5.74) is 3.48. The molecule has 0 radical (unpaired) electrons. The lowest BCUT2D eigenvalue weighted by Gasteiger charge is -2.15. The summed E-state index contributed by atoms with van der Waals surface area (Å²) in [7, 11) is 0. The van der Waals surface area contributed by atoms with Crippen molar-refractivity contribution < 1.29 is 0 Å². The van der Waals surface area contributed by atoms with Crippen molar-refractivity contribution >= 4 is 23.0 Å². The Morgan fingerprint density at radius 3 is 2.56 bits per heavy atom. The second-order valence-electron chi connectivity index (χ2n) is 4.15. The van der Waals surface area contributed by atoms with Crippen LogP contribution in [0.3, 0.4) is 0 Å². The third-order valence-electron chi connectivity index (χ3n) is 2.76. The quantitative estimate of drug-likeness (QED) is 0.584. The van der Waals surface area contributed by atoms with Crippen LogP contribution in [0.4, 0.5) is 11.6 Å². The highest BCUT2D eigenvalue weighted by atomic mass is 32.1. The van der Waals surface area contributed by atoms with E-state index in [9.17, 15) is 0 Å². The summed E-state index contributed by atoms with van der Waals surface area (Å²) < 4.78 is 0. The Labute approximate surface area is 110 Å². The minimum Gasteiger partial charge on any atom is -0.362 e. The lowest BCUT2D eigenvalue weighted by atomic mass is 10.2. The molecule has 0 aliphatic heterocycles. The summed E-state index contributed by atoms with van der Waals surface area (Å²) in [5.74, 6) is 6.84. The van der Waals surface area contributed by atoms with E-state index in [1.54, 1.807) is 11.3 Å². The van der Waals surface area contributed by atoms with Crippen LogP contribution in [0.15, 0.2) is 18.5 Å². The number of aromatic nitrogens is 2. The average molecular weight is 263 g/mol. The number of thiophene rings is 1. The molecule has 0 aromatic carbocycles. The molecule has 0 saturated heterocycles. The maximum absolute atomic E-state index is 5.40. The molecule has 2 aromatic heterocycles. The highest BCUT2D eigenvalue weighted by molar-refractivity contribution is 7.12. The second kappa shape index (κ2) is 5.32. The van der Waals surface area contributed by atoms with Gasteiger partial charge in [-0.2, -0.15) is 0 Å². The number of hydrogen-bond acceptors (Lipinski definition) is 6. The molecule has 0 spiro atoms. The van der Waals surface area contributed by atoms with Crippen molar-refractivity contribution in [3.63, 3.8) is 0 Å². The predicted molar refractivity (Wildman–Crippen MR) is 75.7 cm³/mol. The fourth-order valence-corrected chi connectivity index (χ4v) is 2.58. The van der Waals surface area contributed by atoms with Gasteiger partial charge in [0.1, 0.15) is 18.0 Å². The van der Waals surface area contributed by atoms with E-state index in [-0.39, 0.29) is 6.04 Å². The molecule has 2 rings (SSSR count). The van der Waals surface area contributed by atoms with Crippen LogP contribution in [-0.2, 0) is 0 Å². The number of aryl methyl sites for hydroxylation is 1. The molecule has 1 atom stereocenters. The SMILES string of the molecule is Cc1ccc(C(C)Nc2ncnc(NN)c2C)s1. The monoisotopic (exact) mass is 263 g/mol. The maximum Gasteiger partial charge on any atom is 0.148 e. The zero-order valence-corrected chi connectivity index (χ0v) is 11.5. The van der Waals surface area contributed by atoms with Gasteiger partial charge in [0.05, 0.1) is 6.04 Å². The number of nitrogen functional groups attached to an aromatic ring is 1.